The van der Waals surface area contributed by atoms with E-state index in [9.17, 15) is 32.9 Å². The Kier molecular flexibility index (Phi) is 5.67. The van der Waals surface area contributed by atoms with Gasteiger partial charge in [0.1, 0.15) is 5.69 Å². The van der Waals surface area contributed by atoms with Gasteiger partial charge in [-0.2, -0.15) is 13.2 Å². The highest BCUT2D eigenvalue weighted by atomic mass is 19.4. The van der Waals surface area contributed by atoms with Crippen molar-refractivity contribution in [2.45, 2.75) is 6.18 Å². The number of carbonyl (C=O) groups is 2. The molecule has 0 aliphatic carbocycles. The van der Waals surface area contributed by atoms with E-state index in [1.165, 1.54) is 6.07 Å². The summed E-state index contributed by atoms with van der Waals surface area (Å²) in [6, 6.07) is 13.8. The standard InChI is InChI=1S/C20H13F3N2O5/c21-20(22,23)15-7-8-16(17(10-15)25(28)29)24-18(26)11-30-19(27)14-6-5-12-3-1-2-4-13(12)9-14/h1-10H,11H2,(H,24,26). The first-order valence-electron chi connectivity index (χ1n) is 8.46. The third kappa shape index (κ3) is 4.72. The van der Waals surface area contributed by atoms with Gasteiger partial charge < -0.3 is 10.1 Å². The highest BCUT2D eigenvalue weighted by molar-refractivity contribution is 5.98. The minimum atomic E-state index is -4.78. The lowest BCUT2D eigenvalue weighted by Crippen LogP contribution is -2.21. The Morgan fingerprint density at radius 2 is 1.70 bits per heavy atom. The molecule has 0 unspecified atom stereocenters. The van der Waals surface area contributed by atoms with Crippen LogP contribution in [0.1, 0.15) is 15.9 Å². The molecule has 3 aromatic rings. The SMILES string of the molecule is O=C(COC(=O)c1ccc2ccccc2c1)Nc1ccc(C(F)(F)F)cc1[N+](=O)[O-]. The molecule has 0 radical (unpaired) electrons. The van der Waals surface area contributed by atoms with Crippen LogP contribution >= 0.6 is 0 Å². The fourth-order valence-electron chi connectivity index (χ4n) is 2.68. The van der Waals surface area contributed by atoms with Gasteiger partial charge in [-0.3, -0.25) is 14.9 Å². The molecule has 7 nitrogen and oxygen atoms in total. The number of halogens is 3. The summed E-state index contributed by atoms with van der Waals surface area (Å²) >= 11 is 0. The van der Waals surface area contributed by atoms with Crippen LogP contribution in [-0.4, -0.2) is 23.4 Å². The largest absolute Gasteiger partial charge is 0.452 e. The Morgan fingerprint density at radius 3 is 2.37 bits per heavy atom. The molecule has 3 aromatic carbocycles. The number of hydrogen-bond donors (Lipinski definition) is 1. The van der Waals surface area contributed by atoms with E-state index in [0.717, 1.165) is 16.8 Å². The van der Waals surface area contributed by atoms with Crippen molar-refractivity contribution in [3.63, 3.8) is 0 Å². The average Bonchev–Trinajstić information content (AvgIpc) is 2.71. The molecule has 30 heavy (non-hydrogen) atoms. The van der Waals surface area contributed by atoms with Gasteiger partial charge >= 0.3 is 12.1 Å². The zero-order valence-electron chi connectivity index (χ0n) is 15.1. The molecule has 1 N–H and O–H groups in total. The molecule has 0 aliphatic heterocycles. The molecule has 10 heteroatoms. The summed E-state index contributed by atoms with van der Waals surface area (Å²) in [5, 5.41) is 14.8. The normalized spacial score (nSPS) is 11.2. The van der Waals surface area contributed by atoms with Crippen LogP contribution < -0.4 is 5.32 Å². The maximum atomic E-state index is 12.7. The molecular weight excluding hydrogens is 405 g/mol. The van der Waals surface area contributed by atoms with Crippen molar-refractivity contribution >= 4 is 34.0 Å². The number of benzene rings is 3. The Balaban J connectivity index is 1.68. The minimum Gasteiger partial charge on any atom is -0.452 e. The molecule has 0 aromatic heterocycles. The van der Waals surface area contributed by atoms with E-state index in [1.807, 2.05) is 12.1 Å². The Labute approximate surface area is 167 Å². The maximum Gasteiger partial charge on any atom is 0.416 e. The van der Waals surface area contributed by atoms with Crippen molar-refractivity contribution in [3.8, 4) is 0 Å². The second-order valence-electron chi connectivity index (χ2n) is 6.17. The van der Waals surface area contributed by atoms with Crippen LogP contribution in [0.4, 0.5) is 24.5 Å². The monoisotopic (exact) mass is 418 g/mol. The quantitative estimate of drug-likeness (QED) is 0.372. The molecule has 0 heterocycles. The number of nitro benzene ring substituents is 1. The number of esters is 1. The molecule has 0 bridgehead atoms. The Bertz CT molecular complexity index is 1140. The number of hydrogen-bond acceptors (Lipinski definition) is 5. The zero-order valence-corrected chi connectivity index (χ0v) is 15.1. The molecule has 0 saturated heterocycles. The molecule has 0 aliphatic rings. The zero-order chi connectivity index (χ0) is 21.9. The van der Waals surface area contributed by atoms with Crippen molar-refractivity contribution in [1.82, 2.24) is 0 Å². The van der Waals surface area contributed by atoms with E-state index in [1.54, 1.807) is 24.3 Å². The van der Waals surface area contributed by atoms with Gasteiger partial charge in [0.25, 0.3) is 11.6 Å². The van der Waals surface area contributed by atoms with Crippen LogP contribution in [0.3, 0.4) is 0 Å². The van der Waals surface area contributed by atoms with Gasteiger partial charge in [0.2, 0.25) is 0 Å². The van der Waals surface area contributed by atoms with Crippen molar-refractivity contribution in [3.05, 3.63) is 81.9 Å². The van der Waals surface area contributed by atoms with Crippen LogP contribution in [0.25, 0.3) is 10.8 Å². The number of fused-ring (bicyclic) bond motifs is 1. The van der Waals surface area contributed by atoms with Gasteiger partial charge in [0.15, 0.2) is 6.61 Å². The minimum absolute atomic E-state index is 0.196. The van der Waals surface area contributed by atoms with Crippen molar-refractivity contribution in [2.75, 3.05) is 11.9 Å². The second-order valence-corrected chi connectivity index (χ2v) is 6.17. The lowest BCUT2D eigenvalue weighted by molar-refractivity contribution is -0.384. The lowest BCUT2D eigenvalue weighted by atomic mass is 10.1. The summed E-state index contributed by atoms with van der Waals surface area (Å²) in [7, 11) is 0. The van der Waals surface area contributed by atoms with Gasteiger partial charge in [-0.05, 0) is 35.0 Å². The van der Waals surface area contributed by atoms with E-state index >= 15 is 0 Å². The van der Waals surface area contributed by atoms with Gasteiger partial charge in [-0.15, -0.1) is 0 Å². The first-order chi connectivity index (χ1) is 14.1. The highest BCUT2D eigenvalue weighted by Gasteiger charge is 2.33. The fraction of sp³-hybridized carbons (Fsp3) is 0.100. The van der Waals surface area contributed by atoms with Crippen LogP contribution in [0, 0.1) is 10.1 Å². The molecule has 1 amide bonds. The molecule has 0 saturated carbocycles. The van der Waals surface area contributed by atoms with Crippen molar-refractivity contribution in [1.29, 1.82) is 0 Å². The van der Waals surface area contributed by atoms with Crippen LogP contribution in [0.5, 0.6) is 0 Å². The summed E-state index contributed by atoms with van der Waals surface area (Å²) in [5.74, 6) is -1.73. The highest BCUT2D eigenvalue weighted by Crippen LogP contribution is 2.34. The van der Waals surface area contributed by atoms with Gasteiger partial charge in [0.05, 0.1) is 16.1 Å². The molecular formula is C20H13F3N2O5. The van der Waals surface area contributed by atoms with Crippen molar-refractivity contribution < 1.29 is 32.4 Å². The van der Waals surface area contributed by atoms with Crippen LogP contribution in [-0.2, 0) is 15.7 Å². The van der Waals surface area contributed by atoms with Gasteiger partial charge in [-0.1, -0.05) is 30.3 Å². The van der Waals surface area contributed by atoms with Crippen molar-refractivity contribution in [2.24, 2.45) is 0 Å². The average molecular weight is 418 g/mol. The number of carbonyl (C=O) groups excluding carboxylic acids is 2. The fourth-order valence-corrected chi connectivity index (χ4v) is 2.68. The number of alkyl halides is 3. The van der Waals surface area contributed by atoms with Crippen LogP contribution in [0.2, 0.25) is 0 Å². The van der Waals surface area contributed by atoms with Gasteiger partial charge in [-0.25, -0.2) is 4.79 Å². The summed E-state index contributed by atoms with van der Waals surface area (Å²) in [6.07, 6.45) is -4.78. The number of anilines is 1. The lowest BCUT2D eigenvalue weighted by Gasteiger charge is -2.10. The first kappa shape index (κ1) is 20.8. The molecule has 3 rings (SSSR count). The molecule has 0 fully saturated rings. The summed E-state index contributed by atoms with van der Waals surface area (Å²) in [6.45, 7) is -0.774. The van der Waals surface area contributed by atoms with E-state index in [2.05, 4.69) is 5.32 Å². The van der Waals surface area contributed by atoms with E-state index in [4.69, 9.17) is 4.74 Å². The number of nitro groups is 1. The third-order valence-electron chi connectivity index (χ3n) is 4.12. The van der Waals surface area contributed by atoms with E-state index < -0.39 is 46.5 Å². The Morgan fingerprint density at radius 1 is 1.00 bits per heavy atom. The number of rotatable bonds is 5. The predicted octanol–water partition coefficient (Wildman–Crippen LogP) is 4.56. The van der Waals surface area contributed by atoms with E-state index in [0.29, 0.717) is 12.1 Å². The number of amides is 1. The second kappa shape index (κ2) is 8.19. The number of ether oxygens (including phenoxy) is 1. The summed E-state index contributed by atoms with van der Waals surface area (Å²) < 4.78 is 43.1. The summed E-state index contributed by atoms with van der Waals surface area (Å²) in [5.41, 5.74) is -2.41. The molecule has 154 valence electrons. The predicted molar refractivity (Wildman–Crippen MR) is 101 cm³/mol. The van der Waals surface area contributed by atoms with Gasteiger partial charge in [0, 0.05) is 6.07 Å². The van der Waals surface area contributed by atoms with E-state index in [-0.39, 0.29) is 5.56 Å². The maximum absolute atomic E-state index is 12.7. The number of nitrogens with zero attached hydrogens (tertiary/aromatic N) is 1. The first-order valence-corrected chi connectivity index (χ1v) is 8.46. The third-order valence-corrected chi connectivity index (χ3v) is 4.12. The Hall–Kier alpha value is -3.95. The molecule has 0 atom stereocenters. The number of nitrogens with one attached hydrogen (secondary N) is 1. The molecule has 0 spiro atoms. The summed E-state index contributed by atoms with van der Waals surface area (Å²) in [4.78, 5) is 34.1. The van der Waals surface area contributed by atoms with Crippen LogP contribution in [0.15, 0.2) is 60.7 Å². The topological polar surface area (TPSA) is 98.5 Å². The smallest absolute Gasteiger partial charge is 0.416 e.